The largest absolute Gasteiger partial charge is 0.444 e. The third-order valence-electron chi connectivity index (χ3n) is 3.41. The highest BCUT2D eigenvalue weighted by atomic mass is 16.6. The molecule has 1 amide bonds. The van der Waals surface area contributed by atoms with Gasteiger partial charge in [-0.1, -0.05) is 30.3 Å². The standard InChI is InChI=1S/C18H23N3O3/c1-18(2,3)24-17(23)20(4)16(13-22)15-10-19-21(12-15)11-14-8-6-5-7-9-14/h5-10,12-13,16H,11H2,1-4H3. The van der Waals surface area contributed by atoms with Gasteiger partial charge in [-0.25, -0.2) is 4.79 Å². The van der Waals surface area contributed by atoms with E-state index < -0.39 is 17.7 Å². The number of ether oxygens (including phenoxy) is 1. The third-order valence-corrected chi connectivity index (χ3v) is 3.41. The summed E-state index contributed by atoms with van der Waals surface area (Å²) in [4.78, 5) is 24.9. The Labute approximate surface area is 142 Å². The van der Waals surface area contributed by atoms with E-state index in [1.807, 2.05) is 30.3 Å². The lowest BCUT2D eigenvalue weighted by atomic mass is 10.1. The number of carbonyl (C=O) groups is 2. The van der Waals surface area contributed by atoms with Crippen molar-refractivity contribution < 1.29 is 14.3 Å². The lowest BCUT2D eigenvalue weighted by Gasteiger charge is -2.27. The molecule has 1 aromatic heterocycles. The second-order valence-electron chi connectivity index (χ2n) is 6.63. The van der Waals surface area contributed by atoms with Gasteiger partial charge in [0.2, 0.25) is 0 Å². The summed E-state index contributed by atoms with van der Waals surface area (Å²) in [7, 11) is 1.54. The van der Waals surface area contributed by atoms with Gasteiger partial charge in [0, 0.05) is 18.8 Å². The van der Waals surface area contributed by atoms with Crippen molar-refractivity contribution in [3.8, 4) is 0 Å². The Morgan fingerprint density at radius 1 is 1.33 bits per heavy atom. The summed E-state index contributed by atoms with van der Waals surface area (Å²) in [5, 5.41) is 4.28. The van der Waals surface area contributed by atoms with Gasteiger partial charge in [0.15, 0.2) is 0 Å². The normalized spacial score (nSPS) is 12.5. The summed E-state index contributed by atoms with van der Waals surface area (Å²) in [6, 6.07) is 9.16. The van der Waals surface area contributed by atoms with Gasteiger partial charge in [-0.3, -0.25) is 9.58 Å². The molecule has 24 heavy (non-hydrogen) atoms. The zero-order valence-electron chi connectivity index (χ0n) is 14.5. The molecule has 0 radical (unpaired) electrons. The Balaban J connectivity index is 2.11. The molecular formula is C18H23N3O3. The monoisotopic (exact) mass is 329 g/mol. The van der Waals surface area contributed by atoms with E-state index in [1.54, 1.807) is 44.9 Å². The predicted octanol–water partition coefficient (Wildman–Crippen LogP) is 3.04. The van der Waals surface area contributed by atoms with Crippen LogP contribution in [-0.4, -0.2) is 39.7 Å². The van der Waals surface area contributed by atoms with Crippen molar-refractivity contribution in [1.29, 1.82) is 0 Å². The van der Waals surface area contributed by atoms with Crippen LogP contribution in [0.25, 0.3) is 0 Å². The van der Waals surface area contributed by atoms with Gasteiger partial charge in [0.05, 0.1) is 12.7 Å². The van der Waals surface area contributed by atoms with Crippen LogP contribution in [0, 0.1) is 0 Å². The van der Waals surface area contributed by atoms with Crippen LogP contribution in [0.2, 0.25) is 0 Å². The molecule has 1 aromatic carbocycles. The van der Waals surface area contributed by atoms with Gasteiger partial charge in [0.1, 0.15) is 17.9 Å². The first-order valence-electron chi connectivity index (χ1n) is 7.77. The Kier molecular flexibility index (Phi) is 5.39. The van der Waals surface area contributed by atoms with E-state index in [-0.39, 0.29) is 0 Å². The fourth-order valence-corrected chi connectivity index (χ4v) is 2.23. The number of rotatable bonds is 5. The average Bonchev–Trinajstić information content (AvgIpc) is 2.95. The van der Waals surface area contributed by atoms with E-state index in [4.69, 9.17) is 4.74 Å². The van der Waals surface area contributed by atoms with Crippen LogP contribution in [0.5, 0.6) is 0 Å². The fraction of sp³-hybridized carbons (Fsp3) is 0.389. The van der Waals surface area contributed by atoms with Crippen molar-refractivity contribution in [2.45, 2.75) is 39.0 Å². The second kappa shape index (κ2) is 7.29. The molecule has 0 spiro atoms. The van der Waals surface area contributed by atoms with Crippen molar-refractivity contribution in [1.82, 2.24) is 14.7 Å². The number of likely N-dealkylation sites (N-methyl/N-ethyl adjacent to an activating group) is 1. The van der Waals surface area contributed by atoms with E-state index in [9.17, 15) is 9.59 Å². The molecule has 2 rings (SSSR count). The zero-order valence-corrected chi connectivity index (χ0v) is 14.5. The van der Waals surface area contributed by atoms with Gasteiger partial charge >= 0.3 is 6.09 Å². The molecule has 0 saturated heterocycles. The van der Waals surface area contributed by atoms with Crippen LogP contribution in [0.15, 0.2) is 42.7 Å². The Morgan fingerprint density at radius 3 is 2.58 bits per heavy atom. The zero-order chi connectivity index (χ0) is 17.7. The van der Waals surface area contributed by atoms with Crippen LogP contribution in [0.1, 0.15) is 37.9 Å². The summed E-state index contributed by atoms with van der Waals surface area (Å²) < 4.78 is 7.05. The molecule has 128 valence electrons. The first-order valence-corrected chi connectivity index (χ1v) is 7.77. The molecule has 2 aromatic rings. The molecule has 0 saturated carbocycles. The quantitative estimate of drug-likeness (QED) is 0.791. The molecule has 0 bridgehead atoms. The maximum absolute atomic E-state index is 12.1. The van der Waals surface area contributed by atoms with E-state index in [1.165, 1.54) is 4.90 Å². The van der Waals surface area contributed by atoms with Gasteiger partial charge in [0.25, 0.3) is 0 Å². The number of benzene rings is 1. The molecule has 0 aliphatic rings. The maximum Gasteiger partial charge on any atom is 0.410 e. The molecule has 1 unspecified atom stereocenters. The van der Waals surface area contributed by atoms with Gasteiger partial charge in [-0.15, -0.1) is 0 Å². The number of nitrogens with zero attached hydrogens (tertiary/aromatic N) is 3. The number of hydrogen-bond acceptors (Lipinski definition) is 4. The van der Waals surface area contributed by atoms with Crippen molar-refractivity contribution in [2.24, 2.45) is 0 Å². The molecule has 6 nitrogen and oxygen atoms in total. The van der Waals surface area contributed by atoms with Crippen LogP contribution >= 0.6 is 0 Å². The number of aldehydes is 1. The summed E-state index contributed by atoms with van der Waals surface area (Å²) in [5.41, 5.74) is 1.14. The third kappa shape index (κ3) is 4.68. The van der Waals surface area contributed by atoms with E-state index in [2.05, 4.69) is 5.10 Å². The van der Waals surface area contributed by atoms with E-state index >= 15 is 0 Å². The topological polar surface area (TPSA) is 64.4 Å². The minimum atomic E-state index is -0.732. The molecule has 1 heterocycles. The fourth-order valence-electron chi connectivity index (χ4n) is 2.23. The summed E-state index contributed by atoms with van der Waals surface area (Å²) in [5.74, 6) is 0. The minimum absolute atomic E-state index is 0.546. The van der Waals surface area contributed by atoms with Gasteiger partial charge in [-0.05, 0) is 26.3 Å². The molecule has 0 N–H and O–H groups in total. The smallest absolute Gasteiger partial charge is 0.410 e. The molecule has 1 atom stereocenters. The Hall–Kier alpha value is -2.63. The second-order valence-corrected chi connectivity index (χ2v) is 6.63. The number of carbonyl (C=O) groups excluding carboxylic acids is 2. The Morgan fingerprint density at radius 2 is 2.00 bits per heavy atom. The number of amides is 1. The molecule has 0 aliphatic carbocycles. The molecular weight excluding hydrogens is 306 g/mol. The van der Waals surface area contributed by atoms with Crippen molar-refractivity contribution in [3.63, 3.8) is 0 Å². The van der Waals surface area contributed by atoms with Crippen molar-refractivity contribution in [3.05, 3.63) is 53.9 Å². The lowest BCUT2D eigenvalue weighted by Crippen LogP contribution is -2.37. The molecule has 0 aliphatic heterocycles. The molecule has 6 heteroatoms. The Bertz CT molecular complexity index is 689. The minimum Gasteiger partial charge on any atom is -0.444 e. The summed E-state index contributed by atoms with van der Waals surface area (Å²) in [6.45, 7) is 5.95. The van der Waals surface area contributed by atoms with Crippen molar-refractivity contribution >= 4 is 12.4 Å². The average molecular weight is 329 g/mol. The number of aromatic nitrogens is 2. The highest BCUT2D eigenvalue weighted by Gasteiger charge is 2.27. The van der Waals surface area contributed by atoms with E-state index in [0.717, 1.165) is 5.56 Å². The lowest BCUT2D eigenvalue weighted by molar-refractivity contribution is -0.112. The first kappa shape index (κ1) is 17.7. The first-order chi connectivity index (χ1) is 11.3. The highest BCUT2D eigenvalue weighted by Crippen LogP contribution is 2.20. The van der Waals surface area contributed by atoms with Gasteiger partial charge < -0.3 is 9.53 Å². The number of hydrogen-bond donors (Lipinski definition) is 0. The van der Waals surface area contributed by atoms with Crippen LogP contribution in [-0.2, 0) is 16.1 Å². The van der Waals surface area contributed by atoms with Crippen LogP contribution in [0.4, 0.5) is 4.79 Å². The SMILES string of the molecule is CN(C(=O)OC(C)(C)C)C(C=O)c1cnn(Cc2ccccc2)c1. The molecule has 0 fully saturated rings. The summed E-state index contributed by atoms with van der Waals surface area (Å²) >= 11 is 0. The van der Waals surface area contributed by atoms with Crippen LogP contribution in [0.3, 0.4) is 0 Å². The van der Waals surface area contributed by atoms with Crippen molar-refractivity contribution in [2.75, 3.05) is 7.05 Å². The summed E-state index contributed by atoms with van der Waals surface area (Å²) in [6.07, 6.45) is 3.54. The van der Waals surface area contributed by atoms with Gasteiger partial charge in [-0.2, -0.15) is 5.10 Å². The predicted molar refractivity (Wildman–Crippen MR) is 90.6 cm³/mol. The van der Waals surface area contributed by atoms with E-state index in [0.29, 0.717) is 18.4 Å². The highest BCUT2D eigenvalue weighted by molar-refractivity contribution is 5.74. The maximum atomic E-state index is 12.1. The van der Waals surface area contributed by atoms with Crippen LogP contribution < -0.4 is 0 Å².